The molecule has 2 aromatic carbocycles. The summed E-state index contributed by atoms with van der Waals surface area (Å²) in [7, 11) is 0. The molecule has 1 aliphatic rings. The minimum Gasteiger partial charge on any atom is -0.482 e. The predicted molar refractivity (Wildman–Crippen MR) is 99.2 cm³/mol. The Kier molecular flexibility index (Phi) is 5.46. The number of nitrogens with zero attached hydrogens (tertiary/aromatic N) is 1. The number of hydrogen-bond donors (Lipinski definition) is 0. The van der Waals surface area contributed by atoms with E-state index in [0.29, 0.717) is 21.9 Å². The van der Waals surface area contributed by atoms with Crippen LogP contribution in [0.1, 0.15) is 31.8 Å². The molecule has 0 atom stereocenters. The fourth-order valence-corrected chi connectivity index (χ4v) is 2.98. The molecule has 0 bridgehead atoms. The maximum atomic E-state index is 12.2. The molecule has 0 saturated carbocycles. The van der Waals surface area contributed by atoms with Crippen LogP contribution in [0.5, 0.6) is 5.75 Å². The molecule has 1 heterocycles. The number of esters is 1. The van der Waals surface area contributed by atoms with Gasteiger partial charge in [0.15, 0.2) is 6.61 Å². The lowest BCUT2D eigenvalue weighted by atomic mass is 10.1. The summed E-state index contributed by atoms with van der Waals surface area (Å²) in [5, 5.41) is 0.658. The van der Waals surface area contributed by atoms with Gasteiger partial charge in [0.05, 0.1) is 17.7 Å². The van der Waals surface area contributed by atoms with Gasteiger partial charge in [-0.2, -0.15) is 0 Å². The van der Waals surface area contributed by atoms with Crippen LogP contribution in [0, 0.1) is 13.8 Å². The van der Waals surface area contributed by atoms with E-state index in [-0.39, 0.29) is 31.6 Å². The minimum absolute atomic E-state index is 0.00273. The van der Waals surface area contributed by atoms with Gasteiger partial charge < -0.3 is 9.47 Å². The molecule has 2 amide bonds. The summed E-state index contributed by atoms with van der Waals surface area (Å²) in [4.78, 5) is 37.3. The standard InChI is InChI=1S/C20H18ClNO5/c1-12-9-14(10-13(2)18(12)21)27-11-17(23)26-8-7-22-19(24)15-5-3-4-6-16(15)20(22)25/h3-6,9-10H,7-8,11H2,1-2H3. The third kappa shape index (κ3) is 3.95. The van der Waals surface area contributed by atoms with Crippen molar-refractivity contribution in [2.75, 3.05) is 19.8 Å². The first-order valence-corrected chi connectivity index (χ1v) is 8.76. The zero-order chi connectivity index (χ0) is 19.6. The quantitative estimate of drug-likeness (QED) is 0.562. The predicted octanol–water partition coefficient (Wildman–Crippen LogP) is 3.18. The first-order chi connectivity index (χ1) is 12.9. The smallest absolute Gasteiger partial charge is 0.344 e. The lowest BCUT2D eigenvalue weighted by Gasteiger charge is -2.14. The van der Waals surface area contributed by atoms with E-state index >= 15 is 0 Å². The molecule has 0 spiro atoms. The first kappa shape index (κ1) is 18.9. The normalized spacial score (nSPS) is 12.9. The molecule has 0 aromatic heterocycles. The lowest BCUT2D eigenvalue weighted by molar-refractivity contribution is -0.146. The van der Waals surface area contributed by atoms with Crippen molar-refractivity contribution in [3.63, 3.8) is 0 Å². The molecule has 3 rings (SSSR count). The number of fused-ring (bicyclic) bond motifs is 1. The van der Waals surface area contributed by atoms with Gasteiger partial charge in [-0.05, 0) is 49.2 Å². The highest BCUT2D eigenvalue weighted by Gasteiger charge is 2.34. The van der Waals surface area contributed by atoms with Crippen LogP contribution in [0.2, 0.25) is 5.02 Å². The number of imide groups is 1. The van der Waals surface area contributed by atoms with E-state index in [9.17, 15) is 14.4 Å². The van der Waals surface area contributed by atoms with Crippen molar-refractivity contribution in [1.82, 2.24) is 4.90 Å². The number of rotatable bonds is 6. The van der Waals surface area contributed by atoms with Gasteiger partial charge in [-0.25, -0.2) is 4.79 Å². The Morgan fingerprint density at radius 3 is 2.15 bits per heavy atom. The Labute approximate surface area is 161 Å². The molecule has 0 saturated heterocycles. The average molecular weight is 388 g/mol. The molecule has 2 aromatic rings. The van der Waals surface area contributed by atoms with Crippen molar-refractivity contribution in [3.05, 3.63) is 63.7 Å². The van der Waals surface area contributed by atoms with Crippen LogP contribution in [0.15, 0.2) is 36.4 Å². The van der Waals surface area contributed by atoms with Crippen molar-refractivity contribution in [2.45, 2.75) is 13.8 Å². The van der Waals surface area contributed by atoms with Gasteiger partial charge in [-0.3, -0.25) is 14.5 Å². The van der Waals surface area contributed by atoms with Crippen LogP contribution in [-0.2, 0) is 9.53 Å². The topological polar surface area (TPSA) is 72.9 Å². The number of ether oxygens (including phenoxy) is 2. The maximum Gasteiger partial charge on any atom is 0.344 e. The molecule has 1 aliphatic heterocycles. The van der Waals surface area contributed by atoms with Crippen LogP contribution in [0.4, 0.5) is 0 Å². The molecule has 140 valence electrons. The van der Waals surface area contributed by atoms with Gasteiger partial charge in [0, 0.05) is 5.02 Å². The zero-order valence-corrected chi connectivity index (χ0v) is 15.7. The van der Waals surface area contributed by atoms with E-state index < -0.39 is 5.97 Å². The molecule has 27 heavy (non-hydrogen) atoms. The number of benzene rings is 2. The Bertz CT molecular complexity index is 866. The van der Waals surface area contributed by atoms with Gasteiger partial charge in [0.2, 0.25) is 0 Å². The highest BCUT2D eigenvalue weighted by atomic mass is 35.5. The molecular weight excluding hydrogens is 370 g/mol. The van der Waals surface area contributed by atoms with Gasteiger partial charge >= 0.3 is 5.97 Å². The Balaban J connectivity index is 1.48. The summed E-state index contributed by atoms with van der Waals surface area (Å²) in [5.74, 6) is -0.825. The minimum atomic E-state index is -0.586. The fourth-order valence-electron chi connectivity index (χ4n) is 2.87. The molecule has 0 N–H and O–H groups in total. The van der Waals surface area contributed by atoms with Crippen LogP contribution in [0.3, 0.4) is 0 Å². The van der Waals surface area contributed by atoms with Crippen molar-refractivity contribution >= 4 is 29.4 Å². The maximum absolute atomic E-state index is 12.2. The lowest BCUT2D eigenvalue weighted by Crippen LogP contribution is -2.33. The van der Waals surface area contributed by atoms with E-state index in [1.165, 1.54) is 0 Å². The number of hydrogen-bond acceptors (Lipinski definition) is 5. The van der Waals surface area contributed by atoms with Crippen LogP contribution >= 0.6 is 11.6 Å². The Morgan fingerprint density at radius 1 is 1.04 bits per heavy atom. The average Bonchev–Trinajstić information content (AvgIpc) is 2.89. The zero-order valence-electron chi connectivity index (χ0n) is 15.0. The number of aryl methyl sites for hydroxylation is 2. The summed E-state index contributed by atoms with van der Waals surface area (Å²) < 4.78 is 10.5. The SMILES string of the molecule is Cc1cc(OCC(=O)OCCN2C(=O)c3ccccc3C2=O)cc(C)c1Cl. The third-order valence-corrected chi connectivity index (χ3v) is 4.82. The summed E-state index contributed by atoms with van der Waals surface area (Å²) in [6.07, 6.45) is 0. The summed E-state index contributed by atoms with van der Waals surface area (Å²) in [6, 6.07) is 10.1. The van der Waals surface area contributed by atoms with Crippen molar-refractivity contribution in [3.8, 4) is 5.75 Å². The van der Waals surface area contributed by atoms with Crippen LogP contribution < -0.4 is 4.74 Å². The van der Waals surface area contributed by atoms with E-state index in [4.69, 9.17) is 21.1 Å². The monoisotopic (exact) mass is 387 g/mol. The Hall–Kier alpha value is -2.86. The second-order valence-corrected chi connectivity index (χ2v) is 6.57. The second-order valence-electron chi connectivity index (χ2n) is 6.19. The molecular formula is C20H18ClNO5. The van der Waals surface area contributed by atoms with Crippen LogP contribution in [0.25, 0.3) is 0 Å². The number of amides is 2. The van der Waals surface area contributed by atoms with Gasteiger partial charge in [0.25, 0.3) is 11.8 Å². The van der Waals surface area contributed by atoms with E-state index in [1.54, 1.807) is 36.4 Å². The van der Waals surface area contributed by atoms with E-state index in [2.05, 4.69) is 0 Å². The summed E-state index contributed by atoms with van der Waals surface area (Å²) >= 11 is 6.09. The van der Waals surface area contributed by atoms with Crippen molar-refractivity contribution in [1.29, 1.82) is 0 Å². The highest BCUT2D eigenvalue weighted by Crippen LogP contribution is 2.26. The first-order valence-electron chi connectivity index (χ1n) is 8.39. The molecule has 0 radical (unpaired) electrons. The summed E-state index contributed by atoms with van der Waals surface area (Å²) in [6.45, 7) is 3.33. The fraction of sp³-hybridized carbons (Fsp3) is 0.250. The molecule has 7 heteroatoms. The molecule has 0 fully saturated rings. The number of halogens is 1. The molecule has 0 unspecified atom stereocenters. The molecule has 6 nitrogen and oxygen atoms in total. The van der Waals surface area contributed by atoms with Crippen molar-refractivity contribution < 1.29 is 23.9 Å². The van der Waals surface area contributed by atoms with Crippen molar-refractivity contribution in [2.24, 2.45) is 0 Å². The highest BCUT2D eigenvalue weighted by molar-refractivity contribution is 6.32. The number of carbonyl (C=O) groups excluding carboxylic acids is 3. The summed E-state index contributed by atoms with van der Waals surface area (Å²) in [5.41, 5.74) is 2.44. The van der Waals surface area contributed by atoms with Gasteiger partial charge in [-0.15, -0.1) is 0 Å². The number of carbonyl (C=O) groups is 3. The van der Waals surface area contributed by atoms with Gasteiger partial charge in [0.1, 0.15) is 12.4 Å². The Morgan fingerprint density at radius 2 is 1.59 bits per heavy atom. The molecule has 0 aliphatic carbocycles. The van der Waals surface area contributed by atoms with E-state index in [1.807, 2.05) is 13.8 Å². The van der Waals surface area contributed by atoms with Gasteiger partial charge in [-0.1, -0.05) is 23.7 Å². The largest absolute Gasteiger partial charge is 0.482 e. The van der Waals surface area contributed by atoms with E-state index in [0.717, 1.165) is 16.0 Å². The third-order valence-electron chi connectivity index (χ3n) is 4.22. The second kappa shape index (κ2) is 7.80. The van der Waals surface area contributed by atoms with Crippen LogP contribution in [-0.4, -0.2) is 42.4 Å².